The summed E-state index contributed by atoms with van der Waals surface area (Å²) in [4.78, 5) is 0. The quantitative estimate of drug-likeness (QED) is 0.717. The van der Waals surface area contributed by atoms with E-state index in [1.165, 1.54) is 11.1 Å². The first-order valence-electron chi connectivity index (χ1n) is 5.74. The molecule has 0 saturated carbocycles. The van der Waals surface area contributed by atoms with Crippen LogP contribution in [0, 0.1) is 0 Å². The molecule has 0 amide bonds. The Morgan fingerprint density at radius 2 is 1.76 bits per heavy atom. The number of fused-ring (bicyclic) bond motifs is 7. The lowest BCUT2D eigenvalue weighted by Crippen LogP contribution is -2.17. The van der Waals surface area contributed by atoms with Gasteiger partial charge in [0.2, 0.25) is 0 Å². The molecule has 2 heterocycles. The summed E-state index contributed by atoms with van der Waals surface area (Å²) in [5.74, 6) is 0.360. The summed E-state index contributed by atoms with van der Waals surface area (Å²) in [5, 5.41) is 13.4. The first-order chi connectivity index (χ1) is 8.34. The lowest BCUT2D eigenvalue weighted by atomic mass is 9.95. The van der Waals surface area contributed by atoms with Gasteiger partial charge in [-0.1, -0.05) is 36.4 Å². The Balaban J connectivity index is 2.07. The van der Waals surface area contributed by atoms with Gasteiger partial charge in [0.1, 0.15) is 5.75 Å². The highest BCUT2D eigenvalue weighted by atomic mass is 16.3. The SMILES string of the molecule is Oc1cccc2c1C=C1NC2c2ccccc21. The van der Waals surface area contributed by atoms with E-state index < -0.39 is 0 Å². The summed E-state index contributed by atoms with van der Waals surface area (Å²) in [6.07, 6.45) is 2.03. The van der Waals surface area contributed by atoms with E-state index in [1.54, 1.807) is 6.07 Å². The molecule has 0 aliphatic carbocycles. The van der Waals surface area contributed by atoms with E-state index in [-0.39, 0.29) is 6.04 Å². The summed E-state index contributed by atoms with van der Waals surface area (Å²) in [5.41, 5.74) is 5.75. The van der Waals surface area contributed by atoms with E-state index in [9.17, 15) is 5.11 Å². The van der Waals surface area contributed by atoms with Crippen molar-refractivity contribution in [3.8, 4) is 5.75 Å². The van der Waals surface area contributed by atoms with Crippen molar-refractivity contribution >= 4 is 11.8 Å². The summed E-state index contributed by atoms with van der Waals surface area (Å²) >= 11 is 0. The van der Waals surface area contributed by atoms with Crippen LogP contribution in [0.25, 0.3) is 11.8 Å². The predicted octanol–water partition coefficient (Wildman–Crippen LogP) is 2.90. The van der Waals surface area contributed by atoms with E-state index in [2.05, 4.69) is 29.6 Å². The van der Waals surface area contributed by atoms with Crippen molar-refractivity contribution in [1.29, 1.82) is 0 Å². The molecule has 0 radical (unpaired) electrons. The molecule has 2 aliphatic rings. The minimum atomic E-state index is 0.188. The number of aromatic hydroxyl groups is 1. The van der Waals surface area contributed by atoms with E-state index >= 15 is 0 Å². The van der Waals surface area contributed by atoms with Gasteiger partial charge in [-0.25, -0.2) is 0 Å². The van der Waals surface area contributed by atoms with Crippen LogP contribution < -0.4 is 5.32 Å². The van der Waals surface area contributed by atoms with E-state index in [0.717, 1.165) is 16.8 Å². The number of phenols is 1. The van der Waals surface area contributed by atoms with Crippen LogP contribution in [0.15, 0.2) is 42.5 Å². The highest BCUT2D eigenvalue weighted by molar-refractivity contribution is 5.90. The van der Waals surface area contributed by atoms with Crippen LogP contribution in [-0.2, 0) is 0 Å². The lowest BCUT2D eigenvalue weighted by Gasteiger charge is -2.20. The molecule has 2 heteroatoms. The second-order valence-corrected chi connectivity index (χ2v) is 4.50. The monoisotopic (exact) mass is 221 g/mol. The standard InChI is InChI=1S/C15H11NO/c17-14-7-3-6-11-12(14)8-13-9-4-1-2-5-10(9)15(11)16-13/h1-8,15-17H. The van der Waals surface area contributed by atoms with Crippen molar-refractivity contribution in [2.75, 3.05) is 0 Å². The smallest absolute Gasteiger partial charge is 0.123 e. The number of nitrogens with one attached hydrogen (secondary N) is 1. The third-order valence-corrected chi connectivity index (χ3v) is 3.58. The highest BCUT2D eigenvalue weighted by Crippen LogP contribution is 2.44. The van der Waals surface area contributed by atoms with Crippen LogP contribution in [0.1, 0.15) is 28.3 Å². The summed E-state index contributed by atoms with van der Waals surface area (Å²) < 4.78 is 0. The lowest BCUT2D eigenvalue weighted by molar-refractivity contribution is 0.472. The largest absolute Gasteiger partial charge is 0.507 e. The first kappa shape index (κ1) is 8.88. The molecule has 2 aromatic rings. The number of rotatable bonds is 0. The molecule has 1 atom stereocenters. The maximum Gasteiger partial charge on any atom is 0.123 e. The summed E-state index contributed by atoms with van der Waals surface area (Å²) in [6, 6.07) is 14.3. The van der Waals surface area contributed by atoms with Gasteiger partial charge in [-0.05, 0) is 23.3 Å². The molecular formula is C15H11NO. The Kier molecular flexibility index (Phi) is 1.52. The van der Waals surface area contributed by atoms with Gasteiger partial charge < -0.3 is 10.4 Å². The van der Waals surface area contributed by atoms with Crippen LogP contribution in [-0.4, -0.2) is 5.11 Å². The van der Waals surface area contributed by atoms with Gasteiger partial charge in [0.25, 0.3) is 0 Å². The summed E-state index contributed by atoms with van der Waals surface area (Å²) in [7, 11) is 0. The van der Waals surface area contributed by atoms with Gasteiger partial charge in [-0.15, -0.1) is 0 Å². The minimum absolute atomic E-state index is 0.188. The van der Waals surface area contributed by atoms with Gasteiger partial charge in [-0.3, -0.25) is 0 Å². The molecule has 0 aromatic heterocycles. The molecule has 0 saturated heterocycles. The third-order valence-electron chi connectivity index (χ3n) is 3.58. The van der Waals surface area contributed by atoms with E-state index in [1.807, 2.05) is 18.2 Å². The predicted molar refractivity (Wildman–Crippen MR) is 67.4 cm³/mol. The van der Waals surface area contributed by atoms with Gasteiger partial charge in [0.05, 0.1) is 6.04 Å². The maximum absolute atomic E-state index is 9.93. The molecule has 17 heavy (non-hydrogen) atoms. The molecule has 0 fully saturated rings. The maximum atomic E-state index is 9.93. The Morgan fingerprint density at radius 1 is 0.941 bits per heavy atom. The van der Waals surface area contributed by atoms with Gasteiger partial charge >= 0.3 is 0 Å². The zero-order valence-corrected chi connectivity index (χ0v) is 9.14. The number of hydrogen-bond acceptors (Lipinski definition) is 2. The molecule has 1 unspecified atom stereocenters. The fraction of sp³-hybridized carbons (Fsp3) is 0.0667. The fourth-order valence-electron chi connectivity index (χ4n) is 2.79. The number of benzene rings is 2. The van der Waals surface area contributed by atoms with Crippen molar-refractivity contribution in [1.82, 2.24) is 5.32 Å². The zero-order valence-electron chi connectivity index (χ0n) is 9.14. The van der Waals surface area contributed by atoms with Crippen LogP contribution >= 0.6 is 0 Å². The Hall–Kier alpha value is -2.22. The molecule has 82 valence electrons. The van der Waals surface area contributed by atoms with E-state index in [0.29, 0.717) is 5.75 Å². The van der Waals surface area contributed by atoms with Crippen molar-refractivity contribution in [2.45, 2.75) is 6.04 Å². The highest BCUT2D eigenvalue weighted by Gasteiger charge is 2.32. The normalized spacial score (nSPS) is 19.1. The first-order valence-corrected chi connectivity index (χ1v) is 5.74. The molecule has 2 bridgehead atoms. The van der Waals surface area contributed by atoms with Gasteiger partial charge in [0.15, 0.2) is 0 Å². The van der Waals surface area contributed by atoms with Crippen molar-refractivity contribution < 1.29 is 5.11 Å². The Labute approximate surface area is 99.2 Å². The van der Waals surface area contributed by atoms with Crippen LogP contribution in [0.2, 0.25) is 0 Å². The van der Waals surface area contributed by atoms with Gasteiger partial charge in [-0.2, -0.15) is 0 Å². The molecule has 2 N–H and O–H groups in total. The third kappa shape index (κ3) is 1.04. The molecule has 0 spiro atoms. The van der Waals surface area contributed by atoms with Crippen LogP contribution in [0.4, 0.5) is 0 Å². The molecule has 2 aromatic carbocycles. The van der Waals surface area contributed by atoms with E-state index in [4.69, 9.17) is 0 Å². The average molecular weight is 221 g/mol. The molecule has 2 aliphatic heterocycles. The second kappa shape index (κ2) is 2.92. The topological polar surface area (TPSA) is 32.3 Å². The zero-order chi connectivity index (χ0) is 11.4. The fourth-order valence-corrected chi connectivity index (χ4v) is 2.79. The second-order valence-electron chi connectivity index (χ2n) is 4.50. The Bertz CT molecular complexity index is 658. The molecule has 2 nitrogen and oxygen atoms in total. The molecular weight excluding hydrogens is 210 g/mol. The van der Waals surface area contributed by atoms with Crippen LogP contribution in [0.5, 0.6) is 5.75 Å². The molecule has 4 rings (SSSR count). The summed E-state index contributed by atoms with van der Waals surface area (Å²) in [6.45, 7) is 0. The van der Waals surface area contributed by atoms with Gasteiger partial charge in [0, 0.05) is 16.8 Å². The van der Waals surface area contributed by atoms with Crippen molar-refractivity contribution in [3.05, 3.63) is 64.7 Å². The average Bonchev–Trinajstić information content (AvgIpc) is 2.66. The van der Waals surface area contributed by atoms with Crippen molar-refractivity contribution in [3.63, 3.8) is 0 Å². The number of phenolic OH excluding ortho intramolecular Hbond substituents is 1. The van der Waals surface area contributed by atoms with Crippen molar-refractivity contribution in [2.24, 2.45) is 0 Å². The van der Waals surface area contributed by atoms with Crippen LogP contribution in [0.3, 0.4) is 0 Å². The Morgan fingerprint density at radius 3 is 2.71 bits per heavy atom. The number of hydrogen-bond donors (Lipinski definition) is 2. The minimum Gasteiger partial charge on any atom is -0.507 e.